The number of ether oxygens (including phenoxy) is 3. The normalized spacial score (nSPS) is 14.6. The quantitative estimate of drug-likeness (QED) is 0.533. The molecule has 0 radical (unpaired) electrons. The Morgan fingerprint density at radius 1 is 0.833 bits per heavy atom. The summed E-state index contributed by atoms with van der Waals surface area (Å²) >= 11 is 0. The summed E-state index contributed by atoms with van der Waals surface area (Å²) in [6, 6.07) is 6.25. The van der Waals surface area contributed by atoms with Crippen LogP contribution in [0.3, 0.4) is 0 Å². The Bertz CT molecular complexity index is 841. The van der Waals surface area contributed by atoms with Gasteiger partial charge in [-0.2, -0.15) is 0 Å². The molecule has 0 amide bonds. The van der Waals surface area contributed by atoms with E-state index >= 15 is 0 Å². The zero-order valence-corrected chi connectivity index (χ0v) is 17.9. The van der Waals surface area contributed by atoms with Gasteiger partial charge < -0.3 is 24.2 Å². The predicted molar refractivity (Wildman–Crippen MR) is 109 cm³/mol. The van der Waals surface area contributed by atoms with E-state index in [0.717, 1.165) is 0 Å². The first-order valence-corrected chi connectivity index (χ1v) is 9.79. The van der Waals surface area contributed by atoms with E-state index in [-0.39, 0.29) is 36.7 Å². The van der Waals surface area contributed by atoms with Gasteiger partial charge in [-0.3, -0.25) is 4.79 Å². The minimum absolute atomic E-state index is 0.0111. The lowest BCUT2D eigenvalue weighted by atomic mass is 9.84. The number of hydrogen-bond donors (Lipinski definition) is 1. The molecule has 1 aliphatic rings. The maximum atomic E-state index is 12.9. The second-order valence-corrected chi connectivity index (χ2v) is 6.48. The van der Waals surface area contributed by atoms with E-state index in [9.17, 15) is 19.5 Å². The van der Waals surface area contributed by atoms with Crippen molar-refractivity contribution in [3.05, 3.63) is 46.8 Å². The molecule has 1 aromatic rings. The monoisotopic (exact) mass is 417 g/mol. The molecule has 30 heavy (non-hydrogen) atoms. The predicted octanol–water partition coefficient (Wildman–Crippen LogP) is 3.07. The molecule has 0 atom stereocenters. The molecule has 0 aliphatic carbocycles. The number of esters is 3. The zero-order valence-electron chi connectivity index (χ0n) is 17.9. The minimum atomic E-state index is -1.27. The van der Waals surface area contributed by atoms with Gasteiger partial charge in [0.15, 0.2) is 0 Å². The summed E-state index contributed by atoms with van der Waals surface area (Å²) in [5.74, 6) is -3.36. The number of benzene rings is 1. The number of carbonyl (C=O) groups excluding carboxylic acids is 3. The number of aromatic hydroxyl groups is 1. The molecule has 0 fully saturated rings. The van der Waals surface area contributed by atoms with E-state index in [4.69, 9.17) is 14.2 Å². The van der Waals surface area contributed by atoms with Crippen molar-refractivity contribution in [1.29, 1.82) is 0 Å². The standard InChI is InChI=1S/C22H27NO7/c1-6-28-20(25)17-13(4)23(15-9-11-16(24)12-10-15)14(5)18(21(26)29-7-2)19(17)22(27)30-8-3/h9-12,19,24H,6-8H2,1-5H3. The van der Waals surface area contributed by atoms with Crippen LogP contribution >= 0.6 is 0 Å². The van der Waals surface area contributed by atoms with Crippen molar-refractivity contribution in [2.45, 2.75) is 34.6 Å². The lowest BCUT2D eigenvalue weighted by molar-refractivity contribution is -0.151. The van der Waals surface area contributed by atoms with Crippen molar-refractivity contribution < 1.29 is 33.7 Å². The van der Waals surface area contributed by atoms with Gasteiger partial charge >= 0.3 is 17.9 Å². The molecule has 0 bridgehead atoms. The number of phenolic OH excluding ortho intramolecular Hbond substituents is 1. The summed E-state index contributed by atoms with van der Waals surface area (Å²) < 4.78 is 15.6. The van der Waals surface area contributed by atoms with Crippen LogP contribution in [-0.2, 0) is 28.6 Å². The number of carbonyl (C=O) groups is 3. The summed E-state index contributed by atoms with van der Waals surface area (Å²) in [7, 11) is 0. The molecule has 1 aromatic carbocycles. The van der Waals surface area contributed by atoms with Crippen LogP contribution in [0, 0.1) is 5.92 Å². The van der Waals surface area contributed by atoms with Crippen LogP contribution < -0.4 is 4.90 Å². The highest BCUT2D eigenvalue weighted by Gasteiger charge is 2.44. The van der Waals surface area contributed by atoms with Gasteiger partial charge in [-0.25, -0.2) is 9.59 Å². The third-order valence-electron chi connectivity index (χ3n) is 4.65. The summed E-state index contributed by atoms with van der Waals surface area (Å²) in [6.07, 6.45) is 0. The molecule has 162 valence electrons. The summed E-state index contributed by atoms with van der Waals surface area (Å²) in [5, 5.41) is 9.63. The van der Waals surface area contributed by atoms with Crippen molar-refractivity contribution in [1.82, 2.24) is 0 Å². The van der Waals surface area contributed by atoms with Crippen molar-refractivity contribution in [2.75, 3.05) is 24.7 Å². The van der Waals surface area contributed by atoms with Crippen LogP contribution in [-0.4, -0.2) is 42.8 Å². The van der Waals surface area contributed by atoms with Crippen LogP contribution in [0.15, 0.2) is 46.8 Å². The number of nitrogens with zero attached hydrogens (tertiary/aromatic N) is 1. The number of phenols is 1. The average molecular weight is 417 g/mol. The Balaban J connectivity index is 2.78. The van der Waals surface area contributed by atoms with Gasteiger partial charge in [-0.15, -0.1) is 0 Å². The minimum Gasteiger partial charge on any atom is -0.508 e. The number of anilines is 1. The van der Waals surface area contributed by atoms with Gasteiger partial charge in [-0.05, 0) is 58.9 Å². The van der Waals surface area contributed by atoms with Crippen molar-refractivity contribution in [3.8, 4) is 5.75 Å². The number of hydrogen-bond acceptors (Lipinski definition) is 8. The SMILES string of the molecule is CCOC(=O)C1=C(C)N(c2ccc(O)cc2)C(C)=C(C(=O)OCC)C1C(=O)OCC. The van der Waals surface area contributed by atoms with E-state index < -0.39 is 23.8 Å². The molecular weight excluding hydrogens is 390 g/mol. The molecule has 1 aliphatic heterocycles. The van der Waals surface area contributed by atoms with Gasteiger partial charge in [0.05, 0.1) is 31.0 Å². The summed E-state index contributed by atoms with van der Waals surface area (Å²) in [5.41, 5.74) is 1.45. The lowest BCUT2D eigenvalue weighted by Gasteiger charge is -2.36. The van der Waals surface area contributed by atoms with Crippen LogP contribution in [0.4, 0.5) is 5.69 Å². The third-order valence-corrected chi connectivity index (χ3v) is 4.65. The largest absolute Gasteiger partial charge is 0.508 e. The first kappa shape index (κ1) is 23.0. The first-order valence-electron chi connectivity index (χ1n) is 9.79. The Labute approximate surface area is 175 Å². The fourth-order valence-electron chi connectivity index (χ4n) is 3.45. The van der Waals surface area contributed by atoms with Crippen molar-refractivity contribution in [2.24, 2.45) is 5.92 Å². The molecular formula is C22H27NO7. The second-order valence-electron chi connectivity index (χ2n) is 6.48. The van der Waals surface area contributed by atoms with E-state index in [1.54, 1.807) is 51.7 Å². The average Bonchev–Trinajstić information content (AvgIpc) is 2.69. The highest BCUT2D eigenvalue weighted by atomic mass is 16.5. The second kappa shape index (κ2) is 9.96. The first-order chi connectivity index (χ1) is 14.3. The number of rotatable bonds is 7. The molecule has 0 unspecified atom stereocenters. The van der Waals surface area contributed by atoms with Gasteiger partial charge in [-0.1, -0.05) is 0 Å². The van der Waals surface area contributed by atoms with Gasteiger partial charge in [0.2, 0.25) is 0 Å². The summed E-state index contributed by atoms with van der Waals surface area (Å²) in [6.45, 7) is 8.56. The van der Waals surface area contributed by atoms with Gasteiger partial charge in [0.1, 0.15) is 11.7 Å². The van der Waals surface area contributed by atoms with Crippen LogP contribution in [0.1, 0.15) is 34.6 Å². The molecule has 1 N–H and O–H groups in total. The van der Waals surface area contributed by atoms with Crippen molar-refractivity contribution >= 4 is 23.6 Å². The molecule has 0 spiro atoms. The maximum absolute atomic E-state index is 12.9. The van der Waals surface area contributed by atoms with E-state index in [2.05, 4.69) is 0 Å². The van der Waals surface area contributed by atoms with Gasteiger partial charge in [0, 0.05) is 17.1 Å². The molecule has 0 aromatic heterocycles. The topological polar surface area (TPSA) is 102 Å². The van der Waals surface area contributed by atoms with Crippen LogP contribution in [0.25, 0.3) is 0 Å². The van der Waals surface area contributed by atoms with Crippen LogP contribution in [0.5, 0.6) is 5.75 Å². The Morgan fingerprint density at radius 3 is 1.67 bits per heavy atom. The Hall–Kier alpha value is -3.29. The molecule has 1 heterocycles. The molecule has 8 nitrogen and oxygen atoms in total. The number of allylic oxidation sites excluding steroid dienone is 2. The lowest BCUT2D eigenvalue weighted by Crippen LogP contribution is -2.40. The maximum Gasteiger partial charge on any atom is 0.337 e. The van der Waals surface area contributed by atoms with Gasteiger partial charge in [0.25, 0.3) is 0 Å². The van der Waals surface area contributed by atoms with Crippen LogP contribution in [0.2, 0.25) is 0 Å². The smallest absolute Gasteiger partial charge is 0.337 e. The molecule has 0 saturated carbocycles. The molecule has 2 rings (SSSR count). The fraction of sp³-hybridized carbons (Fsp3) is 0.409. The third kappa shape index (κ3) is 4.48. The Morgan fingerprint density at radius 2 is 1.27 bits per heavy atom. The van der Waals surface area contributed by atoms with Crippen molar-refractivity contribution in [3.63, 3.8) is 0 Å². The van der Waals surface area contributed by atoms with E-state index in [0.29, 0.717) is 17.1 Å². The zero-order chi connectivity index (χ0) is 22.4. The molecule has 0 saturated heterocycles. The van der Waals surface area contributed by atoms with E-state index in [1.807, 2.05) is 0 Å². The highest BCUT2D eigenvalue weighted by Crippen LogP contribution is 2.40. The van der Waals surface area contributed by atoms with E-state index in [1.165, 1.54) is 12.1 Å². The highest BCUT2D eigenvalue weighted by molar-refractivity contribution is 6.07. The molecule has 8 heteroatoms. The fourth-order valence-corrected chi connectivity index (χ4v) is 3.45. The summed E-state index contributed by atoms with van der Waals surface area (Å²) in [4.78, 5) is 40.2. The Kier molecular flexibility index (Phi) is 7.63.